The fourth-order valence-electron chi connectivity index (χ4n) is 3.51. The fourth-order valence-corrected chi connectivity index (χ4v) is 3.51. The van der Waals surface area contributed by atoms with Crippen LogP contribution in [0, 0.1) is 11.3 Å². The Morgan fingerprint density at radius 3 is 2.73 bits per heavy atom. The maximum atomic E-state index is 9.12. The highest BCUT2D eigenvalue weighted by Crippen LogP contribution is 2.31. The van der Waals surface area contributed by atoms with Crippen molar-refractivity contribution < 1.29 is 0 Å². The molecular formula is C18H24N4. The van der Waals surface area contributed by atoms with Crippen molar-refractivity contribution in [3.05, 3.63) is 36.0 Å². The van der Waals surface area contributed by atoms with Crippen LogP contribution in [0.25, 0.3) is 10.9 Å². The maximum Gasteiger partial charge on any atom is 0.0641 e. The summed E-state index contributed by atoms with van der Waals surface area (Å²) in [6, 6.07) is 11.1. The van der Waals surface area contributed by atoms with Gasteiger partial charge in [0, 0.05) is 36.9 Å². The van der Waals surface area contributed by atoms with Gasteiger partial charge < -0.3 is 9.88 Å². The van der Waals surface area contributed by atoms with Crippen molar-refractivity contribution in [2.45, 2.75) is 31.3 Å². The number of aromatic nitrogens is 1. The van der Waals surface area contributed by atoms with E-state index in [4.69, 9.17) is 5.26 Å². The molecule has 2 aromatic rings. The third-order valence-electron chi connectivity index (χ3n) is 5.17. The Morgan fingerprint density at radius 2 is 2.05 bits per heavy atom. The first-order valence-corrected chi connectivity index (χ1v) is 7.96. The minimum Gasteiger partial charge on any atom is -0.361 e. The van der Waals surface area contributed by atoms with Crippen LogP contribution in [0.4, 0.5) is 0 Å². The molecule has 3 rings (SSSR count). The van der Waals surface area contributed by atoms with E-state index in [0.717, 1.165) is 32.5 Å². The number of fused-ring (bicyclic) bond motifs is 1. The normalized spacial score (nSPS) is 18.6. The number of rotatable bonds is 4. The van der Waals surface area contributed by atoms with Crippen LogP contribution >= 0.6 is 0 Å². The highest BCUT2D eigenvalue weighted by atomic mass is 15.2. The first kappa shape index (κ1) is 15.1. The first-order valence-electron chi connectivity index (χ1n) is 7.96. The first-order chi connectivity index (χ1) is 10.6. The van der Waals surface area contributed by atoms with Crippen molar-refractivity contribution in [1.29, 1.82) is 5.26 Å². The number of nitrogens with one attached hydrogen (secondary N) is 1. The zero-order valence-electron chi connectivity index (χ0n) is 13.5. The molecule has 1 aliphatic heterocycles. The summed E-state index contributed by atoms with van der Waals surface area (Å²) in [7, 11) is 4.21. The Morgan fingerprint density at radius 1 is 1.27 bits per heavy atom. The average molecular weight is 296 g/mol. The molecule has 0 bridgehead atoms. The number of piperidine rings is 1. The molecule has 1 saturated heterocycles. The fraction of sp³-hybridized carbons (Fsp3) is 0.500. The number of benzene rings is 1. The van der Waals surface area contributed by atoms with Gasteiger partial charge in [0.15, 0.2) is 0 Å². The quantitative estimate of drug-likeness (QED) is 0.943. The summed E-state index contributed by atoms with van der Waals surface area (Å²) in [5.74, 6) is 0. The Bertz CT molecular complexity index is 672. The van der Waals surface area contributed by atoms with E-state index < -0.39 is 0 Å². The van der Waals surface area contributed by atoms with Crippen LogP contribution in [-0.2, 0) is 6.54 Å². The Hall–Kier alpha value is -1.83. The molecule has 1 aliphatic rings. The van der Waals surface area contributed by atoms with E-state index in [9.17, 15) is 0 Å². The van der Waals surface area contributed by atoms with Crippen LogP contribution in [-0.4, -0.2) is 47.5 Å². The number of hydrogen-bond acceptors (Lipinski definition) is 3. The van der Waals surface area contributed by atoms with Gasteiger partial charge in [-0.05, 0) is 50.0 Å². The lowest BCUT2D eigenvalue weighted by Crippen LogP contribution is -2.52. The summed E-state index contributed by atoms with van der Waals surface area (Å²) in [4.78, 5) is 8.03. The Labute approximate surface area is 132 Å². The van der Waals surface area contributed by atoms with Gasteiger partial charge in [0.25, 0.3) is 0 Å². The van der Waals surface area contributed by atoms with E-state index in [1.807, 2.05) is 6.20 Å². The standard InChI is InChI=1S/C18H24N4/c1-21(2)18(6-9-19)7-11-22(12-8-18)14-15-3-4-16-5-10-20-17(16)13-15/h3-5,10,13,20H,6-8,11-12,14H2,1-2H3. The summed E-state index contributed by atoms with van der Waals surface area (Å²) in [6.45, 7) is 3.11. The molecule has 0 amide bonds. The van der Waals surface area contributed by atoms with Crippen molar-refractivity contribution in [1.82, 2.24) is 14.8 Å². The van der Waals surface area contributed by atoms with Gasteiger partial charge in [-0.1, -0.05) is 12.1 Å². The number of hydrogen-bond donors (Lipinski definition) is 1. The van der Waals surface area contributed by atoms with Gasteiger partial charge >= 0.3 is 0 Å². The van der Waals surface area contributed by atoms with Crippen LogP contribution in [0.3, 0.4) is 0 Å². The number of H-pyrrole nitrogens is 1. The number of aromatic amines is 1. The van der Waals surface area contributed by atoms with E-state index >= 15 is 0 Å². The van der Waals surface area contributed by atoms with Crippen molar-refractivity contribution in [3.8, 4) is 6.07 Å². The molecule has 4 nitrogen and oxygen atoms in total. The Kier molecular flexibility index (Phi) is 4.19. The molecule has 0 saturated carbocycles. The summed E-state index contributed by atoms with van der Waals surface area (Å²) < 4.78 is 0. The van der Waals surface area contributed by atoms with Crippen molar-refractivity contribution in [3.63, 3.8) is 0 Å². The van der Waals surface area contributed by atoms with Crippen LogP contribution < -0.4 is 0 Å². The molecule has 1 aromatic carbocycles. The van der Waals surface area contributed by atoms with Crippen molar-refractivity contribution in [2.75, 3.05) is 27.2 Å². The van der Waals surface area contributed by atoms with Crippen molar-refractivity contribution in [2.24, 2.45) is 0 Å². The summed E-state index contributed by atoms with van der Waals surface area (Å²) in [5, 5.41) is 10.4. The van der Waals surface area contributed by atoms with Crippen LogP contribution in [0.2, 0.25) is 0 Å². The van der Waals surface area contributed by atoms with Gasteiger partial charge in [-0.3, -0.25) is 4.90 Å². The smallest absolute Gasteiger partial charge is 0.0641 e. The topological polar surface area (TPSA) is 46.1 Å². The van der Waals surface area contributed by atoms with Gasteiger partial charge in [0.05, 0.1) is 12.5 Å². The monoisotopic (exact) mass is 296 g/mol. The predicted octanol–water partition coefficient (Wildman–Crippen LogP) is 2.98. The molecule has 4 heteroatoms. The number of nitrogens with zero attached hydrogens (tertiary/aromatic N) is 3. The molecule has 0 atom stereocenters. The molecule has 0 radical (unpaired) electrons. The SMILES string of the molecule is CN(C)C1(CC#N)CCN(Cc2ccc3cc[nH]c3c2)CC1. The second-order valence-corrected chi connectivity index (χ2v) is 6.63. The highest BCUT2D eigenvalue weighted by Gasteiger charge is 2.36. The summed E-state index contributed by atoms with van der Waals surface area (Å²) >= 11 is 0. The van der Waals surface area contributed by atoms with E-state index in [1.54, 1.807) is 0 Å². The third kappa shape index (κ3) is 2.87. The van der Waals surface area contributed by atoms with Crippen LogP contribution in [0.15, 0.2) is 30.5 Å². The zero-order valence-corrected chi connectivity index (χ0v) is 13.5. The molecular weight excluding hydrogens is 272 g/mol. The lowest BCUT2D eigenvalue weighted by atomic mass is 9.83. The van der Waals surface area contributed by atoms with Gasteiger partial charge in [-0.15, -0.1) is 0 Å². The molecule has 0 unspecified atom stereocenters. The van der Waals surface area contributed by atoms with E-state index in [-0.39, 0.29) is 5.54 Å². The minimum absolute atomic E-state index is 0.0641. The molecule has 0 spiro atoms. The minimum atomic E-state index is 0.0641. The third-order valence-corrected chi connectivity index (χ3v) is 5.17. The molecule has 116 valence electrons. The van der Waals surface area contributed by atoms with Crippen LogP contribution in [0.1, 0.15) is 24.8 Å². The lowest BCUT2D eigenvalue weighted by Gasteiger charge is -2.45. The van der Waals surface area contributed by atoms with Crippen LogP contribution in [0.5, 0.6) is 0 Å². The van der Waals surface area contributed by atoms with Gasteiger partial charge in [0.2, 0.25) is 0 Å². The second-order valence-electron chi connectivity index (χ2n) is 6.63. The number of likely N-dealkylation sites (tertiary alicyclic amines) is 1. The van der Waals surface area contributed by atoms with E-state index in [2.05, 4.69) is 59.2 Å². The largest absolute Gasteiger partial charge is 0.361 e. The average Bonchev–Trinajstić information content (AvgIpc) is 2.97. The van der Waals surface area contributed by atoms with E-state index in [0.29, 0.717) is 6.42 Å². The van der Waals surface area contributed by atoms with Crippen molar-refractivity contribution >= 4 is 10.9 Å². The van der Waals surface area contributed by atoms with Gasteiger partial charge in [-0.25, -0.2) is 0 Å². The van der Waals surface area contributed by atoms with E-state index in [1.165, 1.54) is 16.5 Å². The zero-order chi connectivity index (χ0) is 15.6. The summed E-state index contributed by atoms with van der Waals surface area (Å²) in [5.41, 5.74) is 2.63. The summed E-state index contributed by atoms with van der Waals surface area (Å²) in [6.07, 6.45) is 4.75. The molecule has 2 heterocycles. The highest BCUT2D eigenvalue weighted by molar-refractivity contribution is 5.79. The molecule has 1 fully saturated rings. The van der Waals surface area contributed by atoms with Gasteiger partial charge in [-0.2, -0.15) is 5.26 Å². The van der Waals surface area contributed by atoms with Gasteiger partial charge in [0.1, 0.15) is 0 Å². The molecule has 1 N–H and O–H groups in total. The number of nitriles is 1. The Balaban J connectivity index is 1.65. The maximum absolute atomic E-state index is 9.12. The lowest BCUT2D eigenvalue weighted by molar-refractivity contribution is 0.0566. The molecule has 22 heavy (non-hydrogen) atoms. The molecule has 0 aliphatic carbocycles. The second kappa shape index (κ2) is 6.12. The molecule has 1 aromatic heterocycles. The predicted molar refractivity (Wildman–Crippen MR) is 89.5 cm³/mol.